The van der Waals surface area contributed by atoms with Crippen LogP contribution >= 0.6 is 0 Å². The number of hydrogen-bond donors (Lipinski definition) is 2. The van der Waals surface area contributed by atoms with E-state index in [4.69, 9.17) is 9.47 Å². The minimum Gasteiger partial charge on any atom is -0.488 e. The maximum Gasteiger partial charge on any atom is 0.307 e. The molecule has 1 saturated heterocycles. The third kappa shape index (κ3) is 9.50. The number of carboxylic acids is 1. The summed E-state index contributed by atoms with van der Waals surface area (Å²) < 4.78 is 80.1. The molecule has 6 rings (SSSR count). The number of carboxylic acid groups (broad SMARTS) is 1. The van der Waals surface area contributed by atoms with E-state index in [9.17, 15) is 46.2 Å². The lowest BCUT2D eigenvalue weighted by molar-refractivity contribution is -0.147. The average molecular weight is 770 g/mol. The predicted molar refractivity (Wildman–Crippen MR) is 188 cm³/mol. The van der Waals surface area contributed by atoms with Crippen LogP contribution in [0.1, 0.15) is 55.2 Å². The van der Waals surface area contributed by atoms with Gasteiger partial charge in [-0.15, -0.1) is 0 Å². The summed E-state index contributed by atoms with van der Waals surface area (Å²) in [6.45, 7) is 0.487. The molecule has 1 saturated carbocycles. The lowest BCUT2D eigenvalue weighted by atomic mass is 9.82. The molecule has 2 bridgehead atoms. The number of nitrogens with one attached hydrogen (secondary N) is 1. The van der Waals surface area contributed by atoms with E-state index in [2.05, 4.69) is 5.32 Å². The number of amides is 2. The highest BCUT2D eigenvalue weighted by molar-refractivity contribution is 6.03. The van der Waals surface area contributed by atoms with Gasteiger partial charge in [-0.1, -0.05) is 36.4 Å². The first kappa shape index (κ1) is 39.4. The molecular weight excluding hydrogens is 729 g/mol. The largest absolute Gasteiger partial charge is 0.488 e. The van der Waals surface area contributed by atoms with Gasteiger partial charge in [0, 0.05) is 37.3 Å². The molecule has 2 fully saturated rings. The molecule has 0 spiro atoms. The number of nitrogens with zero attached hydrogens (tertiary/aromatic N) is 2. The van der Waals surface area contributed by atoms with Crippen LogP contribution in [0.2, 0.25) is 0 Å². The summed E-state index contributed by atoms with van der Waals surface area (Å²) in [4.78, 5) is 53.6. The first-order valence-electron chi connectivity index (χ1n) is 18.1. The number of rotatable bonds is 17. The second-order valence-corrected chi connectivity index (χ2v) is 14.0. The highest BCUT2D eigenvalue weighted by Crippen LogP contribution is 2.37. The van der Waals surface area contributed by atoms with E-state index >= 15 is 0 Å². The molecule has 10 nitrogen and oxygen atoms in total. The Morgan fingerprint density at radius 3 is 2.35 bits per heavy atom. The highest BCUT2D eigenvalue weighted by Gasteiger charge is 2.43. The Kier molecular flexibility index (Phi) is 12.5. The van der Waals surface area contributed by atoms with Gasteiger partial charge in [0.2, 0.25) is 11.7 Å². The molecule has 3 aliphatic rings. The van der Waals surface area contributed by atoms with Gasteiger partial charge in [-0.25, -0.2) is 17.6 Å². The molecule has 2 aliphatic heterocycles. The minimum atomic E-state index is -1.39. The van der Waals surface area contributed by atoms with Crippen molar-refractivity contribution in [2.24, 2.45) is 0 Å². The number of carbonyl (C=O) groups excluding carboxylic acids is 3. The van der Waals surface area contributed by atoms with Gasteiger partial charge >= 0.3 is 5.97 Å². The second kappa shape index (κ2) is 17.4. The van der Waals surface area contributed by atoms with Crippen LogP contribution in [0.5, 0.6) is 5.75 Å². The van der Waals surface area contributed by atoms with Crippen LogP contribution in [0, 0.1) is 29.1 Å². The highest BCUT2D eigenvalue weighted by atomic mass is 19.2. The third-order valence-corrected chi connectivity index (χ3v) is 10.1. The van der Waals surface area contributed by atoms with Crippen molar-refractivity contribution in [2.45, 2.75) is 75.6 Å². The molecule has 2 heterocycles. The SMILES string of the molecule is O=CO[C@H](CC(=O)O)CC(=O)N1C[C@H]2CC(c3ccc(CCCOc4c(F)ccc(F)c4F)cc3)=C(C(=O)N(CCc3cccc(F)c3F)C3CC3)[C@@H](C1)N2. The zero-order valence-electron chi connectivity index (χ0n) is 29.7. The van der Waals surface area contributed by atoms with E-state index in [1.807, 2.05) is 24.3 Å². The number of aliphatic carboxylic acids is 1. The zero-order chi connectivity index (χ0) is 39.2. The van der Waals surface area contributed by atoms with Crippen molar-refractivity contribution in [3.63, 3.8) is 0 Å². The molecule has 2 amide bonds. The monoisotopic (exact) mass is 769 g/mol. The summed E-state index contributed by atoms with van der Waals surface area (Å²) in [6.07, 6.45) is 0.685. The Morgan fingerprint density at radius 2 is 1.64 bits per heavy atom. The molecule has 292 valence electrons. The van der Waals surface area contributed by atoms with Gasteiger partial charge in [-0.3, -0.25) is 19.2 Å². The molecule has 0 unspecified atom stereocenters. The lowest BCUT2D eigenvalue weighted by Crippen LogP contribution is -2.62. The van der Waals surface area contributed by atoms with E-state index in [1.54, 1.807) is 4.90 Å². The van der Waals surface area contributed by atoms with Gasteiger partial charge in [-0.05, 0) is 79.0 Å². The molecule has 2 N–H and O–H groups in total. The number of carbonyl (C=O) groups is 4. The van der Waals surface area contributed by atoms with Crippen LogP contribution in [0.25, 0.3) is 5.57 Å². The minimum absolute atomic E-state index is 0.0675. The number of aryl methyl sites for hydroxylation is 1. The molecule has 15 heteroatoms. The Labute approximate surface area is 313 Å². The Bertz CT molecular complexity index is 1960. The van der Waals surface area contributed by atoms with Crippen molar-refractivity contribution < 1.29 is 55.7 Å². The van der Waals surface area contributed by atoms with Crippen LogP contribution in [-0.2, 0) is 36.8 Å². The van der Waals surface area contributed by atoms with Crippen molar-refractivity contribution >= 4 is 29.8 Å². The normalized spacial score (nSPS) is 18.5. The van der Waals surface area contributed by atoms with E-state index in [0.29, 0.717) is 30.9 Å². The van der Waals surface area contributed by atoms with Gasteiger partial charge in [0.1, 0.15) is 6.10 Å². The smallest absolute Gasteiger partial charge is 0.307 e. The summed E-state index contributed by atoms with van der Waals surface area (Å²) >= 11 is 0. The van der Waals surface area contributed by atoms with Gasteiger partial charge < -0.3 is 29.7 Å². The predicted octanol–water partition coefficient (Wildman–Crippen LogP) is 5.36. The van der Waals surface area contributed by atoms with E-state index < -0.39 is 65.3 Å². The first-order chi connectivity index (χ1) is 26.4. The Hall–Kier alpha value is -5.31. The zero-order valence-corrected chi connectivity index (χ0v) is 29.7. The fourth-order valence-electron chi connectivity index (χ4n) is 7.27. The molecule has 0 radical (unpaired) electrons. The Balaban J connectivity index is 1.23. The van der Waals surface area contributed by atoms with Gasteiger partial charge in [-0.2, -0.15) is 4.39 Å². The number of ether oxygens (including phenoxy) is 2. The van der Waals surface area contributed by atoms with Crippen molar-refractivity contribution in [1.29, 1.82) is 0 Å². The number of hydrogen-bond acceptors (Lipinski definition) is 7. The molecule has 0 aromatic heterocycles. The van der Waals surface area contributed by atoms with E-state index in [0.717, 1.165) is 41.7 Å². The fraction of sp³-hybridized carbons (Fsp3) is 0.400. The third-order valence-electron chi connectivity index (χ3n) is 10.1. The summed E-state index contributed by atoms with van der Waals surface area (Å²) in [5.41, 5.74) is 2.96. The maximum absolute atomic E-state index is 14.7. The van der Waals surface area contributed by atoms with E-state index in [1.165, 1.54) is 17.0 Å². The summed E-state index contributed by atoms with van der Waals surface area (Å²) in [7, 11) is 0. The van der Waals surface area contributed by atoms with Crippen LogP contribution in [0.15, 0.2) is 60.2 Å². The van der Waals surface area contributed by atoms with Gasteiger partial charge in [0.05, 0.1) is 25.5 Å². The molecule has 3 aromatic carbocycles. The van der Waals surface area contributed by atoms with Crippen molar-refractivity contribution in [3.05, 3.63) is 106 Å². The van der Waals surface area contributed by atoms with Crippen molar-refractivity contribution in [1.82, 2.24) is 15.1 Å². The molecule has 1 aliphatic carbocycles. The van der Waals surface area contributed by atoms with Gasteiger partial charge in [0.15, 0.2) is 29.0 Å². The number of piperazine rings is 1. The summed E-state index contributed by atoms with van der Waals surface area (Å²) in [5, 5.41) is 12.7. The second-order valence-electron chi connectivity index (χ2n) is 14.0. The summed E-state index contributed by atoms with van der Waals surface area (Å²) in [6, 6.07) is 11.8. The molecule has 3 aromatic rings. The molecule has 55 heavy (non-hydrogen) atoms. The van der Waals surface area contributed by atoms with Gasteiger partial charge in [0.25, 0.3) is 12.4 Å². The van der Waals surface area contributed by atoms with Crippen LogP contribution < -0.4 is 10.1 Å². The van der Waals surface area contributed by atoms with Crippen LogP contribution in [0.3, 0.4) is 0 Å². The number of benzene rings is 3. The topological polar surface area (TPSA) is 125 Å². The standard InChI is InChI=1S/C40H40F5N3O7/c41-30-5-1-4-25(37(30)44)14-15-48(27-10-11-27)40(53)36-29(17-26-20-47(21-33(36)46-26)34(50)18-28(55-22-49)19-35(51)52)24-8-6-23(7-9-24)3-2-16-54-39-32(43)13-12-31(42)38(39)45/h1,4-9,12-13,22,26-28,33,46H,2-3,10-11,14-21H2,(H,51,52)/t26-,28+,33-/m1/s1. The van der Waals surface area contributed by atoms with E-state index in [-0.39, 0.29) is 69.1 Å². The lowest BCUT2D eigenvalue weighted by Gasteiger charge is -2.45. The quantitative estimate of drug-likeness (QED) is 0.0815. The van der Waals surface area contributed by atoms with Crippen LogP contribution in [0.4, 0.5) is 22.0 Å². The Morgan fingerprint density at radius 1 is 0.909 bits per heavy atom. The fourth-order valence-corrected chi connectivity index (χ4v) is 7.27. The summed E-state index contributed by atoms with van der Waals surface area (Å²) in [5.74, 6) is -8.28. The van der Waals surface area contributed by atoms with Crippen molar-refractivity contribution in [3.8, 4) is 5.75 Å². The molecule has 3 atom stereocenters. The van der Waals surface area contributed by atoms with Crippen molar-refractivity contribution in [2.75, 3.05) is 26.2 Å². The average Bonchev–Trinajstić information content (AvgIpc) is 4.00. The maximum atomic E-state index is 14.7. The number of halogens is 5. The molecular formula is C40H40F5N3O7. The van der Waals surface area contributed by atoms with Crippen LogP contribution in [-0.4, -0.2) is 89.6 Å². The first-order valence-corrected chi connectivity index (χ1v) is 18.1. The number of fused-ring (bicyclic) bond motifs is 2.